The van der Waals surface area contributed by atoms with Crippen molar-refractivity contribution in [3.8, 4) is 0 Å². The van der Waals surface area contributed by atoms with Gasteiger partial charge in [-0.15, -0.1) is 11.8 Å². The first kappa shape index (κ1) is 20.4. The van der Waals surface area contributed by atoms with Crippen LogP contribution in [0.15, 0.2) is 29.2 Å². The zero-order valence-corrected chi connectivity index (χ0v) is 16.2. The van der Waals surface area contributed by atoms with Crippen LogP contribution in [0.2, 0.25) is 0 Å². The van der Waals surface area contributed by atoms with Crippen molar-refractivity contribution in [1.82, 2.24) is 9.78 Å². The molecule has 0 saturated carbocycles. The molecule has 0 fully saturated rings. The fourth-order valence-corrected chi connectivity index (χ4v) is 3.14. The Morgan fingerprint density at radius 1 is 1.37 bits per heavy atom. The molecule has 1 heterocycles. The number of anilines is 1. The fourth-order valence-electron chi connectivity index (χ4n) is 2.33. The third-order valence-corrected chi connectivity index (χ3v) is 4.88. The summed E-state index contributed by atoms with van der Waals surface area (Å²) >= 11 is 0.988. The molecule has 2 rings (SSSR count). The Labute approximate surface area is 160 Å². The van der Waals surface area contributed by atoms with E-state index in [-0.39, 0.29) is 11.4 Å². The van der Waals surface area contributed by atoms with Gasteiger partial charge in [-0.25, -0.2) is 0 Å². The maximum absolute atomic E-state index is 12.3. The summed E-state index contributed by atoms with van der Waals surface area (Å²) in [6.07, 6.45) is -1.01. The highest BCUT2D eigenvalue weighted by Crippen LogP contribution is 2.28. The SMILES string of the molecule is Cc1nn(C)c(C)c1NC(=O)[C@H](C)OC(=O)CSc1ccccc1[N+](=O)[O-]. The topological polar surface area (TPSA) is 116 Å². The molecule has 9 nitrogen and oxygen atoms in total. The van der Waals surface area contributed by atoms with E-state index in [1.54, 1.807) is 36.9 Å². The molecule has 1 atom stereocenters. The summed E-state index contributed by atoms with van der Waals surface area (Å²) in [6.45, 7) is 5.04. The predicted molar refractivity (Wildman–Crippen MR) is 101 cm³/mol. The van der Waals surface area contributed by atoms with E-state index in [1.807, 2.05) is 6.92 Å². The Hall–Kier alpha value is -2.88. The van der Waals surface area contributed by atoms with E-state index in [0.717, 1.165) is 17.5 Å². The highest BCUT2D eigenvalue weighted by molar-refractivity contribution is 8.00. The summed E-state index contributed by atoms with van der Waals surface area (Å²) in [5.74, 6) is -1.26. The molecule has 0 aliphatic heterocycles. The number of thioether (sulfide) groups is 1. The number of carbonyl (C=O) groups excluding carboxylic acids is 2. The first-order chi connectivity index (χ1) is 12.7. The maximum atomic E-state index is 12.3. The second-order valence-electron chi connectivity index (χ2n) is 5.80. The van der Waals surface area contributed by atoms with Crippen molar-refractivity contribution < 1.29 is 19.2 Å². The molecule has 0 spiro atoms. The van der Waals surface area contributed by atoms with Gasteiger partial charge in [0.25, 0.3) is 11.6 Å². The van der Waals surface area contributed by atoms with Crippen LogP contribution in [0.4, 0.5) is 11.4 Å². The smallest absolute Gasteiger partial charge is 0.317 e. The van der Waals surface area contributed by atoms with Gasteiger partial charge in [-0.3, -0.25) is 24.4 Å². The van der Waals surface area contributed by atoms with Crippen LogP contribution in [0.1, 0.15) is 18.3 Å². The predicted octanol–water partition coefficient (Wildman–Crippen LogP) is 2.61. The van der Waals surface area contributed by atoms with Crippen molar-refractivity contribution >= 4 is 35.0 Å². The van der Waals surface area contributed by atoms with Crippen LogP contribution in [0.5, 0.6) is 0 Å². The van der Waals surface area contributed by atoms with Gasteiger partial charge in [0.15, 0.2) is 6.10 Å². The molecule has 2 aromatic rings. The Kier molecular flexibility index (Phi) is 6.56. The van der Waals surface area contributed by atoms with Crippen LogP contribution >= 0.6 is 11.8 Å². The van der Waals surface area contributed by atoms with Gasteiger partial charge < -0.3 is 10.1 Å². The van der Waals surface area contributed by atoms with Crippen molar-refractivity contribution in [1.29, 1.82) is 0 Å². The third-order valence-electron chi connectivity index (χ3n) is 3.84. The van der Waals surface area contributed by atoms with E-state index in [1.165, 1.54) is 13.0 Å². The monoisotopic (exact) mass is 392 g/mol. The largest absolute Gasteiger partial charge is 0.452 e. The molecule has 0 aliphatic carbocycles. The summed E-state index contributed by atoms with van der Waals surface area (Å²) in [5, 5.41) is 17.9. The number of nitro groups is 1. The van der Waals surface area contributed by atoms with Gasteiger partial charge >= 0.3 is 5.97 Å². The molecule has 1 N–H and O–H groups in total. The Balaban J connectivity index is 1.92. The first-order valence-corrected chi connectivity index (χ1v) is 9.06. The van der Waals surface area contributed by atoms with Crippen LogP contribution in [-0.4, -0.2) is 38.4 Å². The van der Waals surface area contributed by atoms with Gasteiger partial charge in [-0.05, 0) is 26.8 Å². The van der Waals surface area contributed by atoms with Gasteiger partial charge in [-0.2, -0.15) is 5.10 Å². The van der Waals surface area contributed by atoms with Gasteiger partial charge in [0, 0.05) is 13.1 Å². The van der Waals surface area contributed by atoms with Crippen molar-refractivity contribution in [3.63, 3.8) is 0 Å². The molecule has 27 heavy (non-hydrogen) atoms. The number of rotatable bonds is 7. The van der Waals surface area contributed by atoms with E-state index < -0.39 is 22.9 Å². The van der Waals surface area contributed by atoms with Gasteiger partial charge in [0.1, 0.15) is 0 Å². The third kappa shape index (κ3) is 5.07. The molecule has 0 bridgehead atoms. The second kappa shape index (κ2) is 8.67. The molecule has 0 radical (unpaired) electrons. The van der Waals surface area contributed by atoms with Crippen LogP contribution in [0, 0.1) is 24.0 Å². The number of benzene rings is 1. The van der Waals surface area contributed by atoms with Gasteiger partial charge in [-0.1, -0.05) is 12.1 Å². The summed E-state index contributed by atoms with van der Waals surface area (Å²) in [7, 11) is 1.77. The molecule has 10 heteroatoms. The lowest BCUT2D eigenvalue weighted by atomic mass is 10.3. The number of hydrogen-bond donors (Lipinski definition) is 1. The van der Waals surface area contributed by atoms with Crippen LogP contribution in [0.25, 0.3) is 0 Å². The molecule has 0 saturated heterocycles. The average molecular weight is 392 g/mol. The minimum Gasteiger partial charge on any atom is -0.452 e. The zero-order chi connectivity index (χ0) is 20.1. The fraction of sp³-hybridized carbons (Fsp3) is 0.353. The van der Waals surface area contributed by atoms with Gasteiger partial charge in [0.2, 0.25) is 0 Å². The van der Waals surface area contributed by atoms with E-state index in [9.17, 15) is 19.7 Å². The molecule has 1 amide bonds. The average Bonchev–Trinajstić information content (AvgIpc) is 2.86. The van der Waals surface area contributed by atoms with E-state index >= 15 is 0 Å². The number of aromatic nitrogens is 2. The molecule has 1 aromatic carbocycles. The zero-order valence-electron chi connectivity index (χ0n) is 15.4. The quantitative estimate of drug-likeness (QED) is 0.333. The van der Waals surface area contributed by atoms with E-state index in [0.29, 0.717) is 16.3 Å². The van der Waals surface area contributed by atoms with Crippen LogP contribution in [0.3, 0.4) is 0 Å². The number of nitro benzene ring substituents is 1. The minimum atomic E-state index is -1.01. The number of nitrogens with one attached hydrogen (secondary N) is 1. The first-order valence-electron chi connectivity index (χ1n) is 8.07. The second-order valence-corrected chi connectivity index (χ2v) is 6.82. The number of para-hydroxylation sites is 1. The van der Waals surface area contributed by atoms with Crippen molar-refractivity contribution in [3.05, 3.63) is 45.8 Å². The maximum Gasteiger partial charge on any atom is 0.317 e. The highest BCUT2D eigenvalue weighted by Gasteiger charge is 2.22. The lowest BCUT2D eigenvalue weighted by molar-refractivity contribution is -0.387. The highest BCUT2D eigenvalue weighted by atomic mass is 32.2. The number of amides is 1. The number of aryl methyl sites for hydroxylation is 2. The summed E-state index contributed by atoms with van der Waals surface area (Å²) in [5.41, 5.74) is 1.95. The van der Waals surface area contributed by atoms with E-state index in [2.05, 4.69) is 10.4 Å². The Bertz CT molecular complexity index is 880. The van der Waals surface area contributed by atoms with E-state index in [4.69, 9.17) is 4.74 Å². The lowest BCUT2D eigenvalue weighted by Gasteiger charge is -2.13. The summed E-state index contributed by atoms with van der Waals surface area (Å²) in [4.78, 5) is 35.1. The molecule has 0 unspecified atom stereocenters. The summed E-state index contributed by atoms with van der Waals surface area (Å²) < 4.78 is 6.77. The molecule has 0 aliphatic rings. The normalized spacial score (nSPS) is 11.7. The van der Waals surface area contributed by atoms with Crippen molar-refractivity contribution in [2.24, 2.45) is 7.05 Å². The van der Waals surface area contributed by atoms with Crippen LogP contribution in [-0.2, 0) is 21.4 Å². The number of esters is 1. The minimum absolute atomic E-state index is 0.0800. The number of ether oxygens (including phenoxy) is 1. The Morgan fingerprint density at radius 3 is 2.63 bits per heavy atom. The number of carbonyl (C=O) groups is 2. The van der Waals surface area contributed by atoms with Crippen molar-refractivity contribution in [2.75, 3.05) is 11.1 Å². The molecular formula is C17H20N4O5S. The Morgan fingerprint density at radius 2 is 2.04 bits per heavy atom. The number of nitrogens with zero attached hydrogens (tertiary/aromatic N) is 3. The summed E-state index contributed by atoms with van der Waals surface area (Å²) in [6, 6.07) is 6.12. The van der Waals surface area contributed by atoms with Gasteiger partial charge in [0.05, 0.1) is 32.6 Å². The standard InChI is InChI=1S/C17H20N4O5S/c1-10-16(11(2)20(4)19-10)18-17(23)12(3)26-15(22)9-27-14-8-6-5-7-13(14)21(24)25/h5-8,12H,9H2,1-4H3,(H,18,23)/t12-/m0/s1. The number of hydrogen-bond acceptors (Lipinski definition) is 7. The van der Waals surface area contributed by atoms with Crippen LogP contribution < -0.4 is 5.32 Å². The molecular weight excluding hydrogens is 372 g/mol. The lowest BCUT2D eigenvalue weighted by Crippen LogP contribution is -2.30. The molecule has 144 valence electrons. The van der Waals surface area contributed by atoms with Crippen molar-refractivity contribution in [2.45, 2.75) is 31.8 Å². The molecule has 1 aromatic heterocycles.